The van der Waals surface area contributed by atoms with Crippen molar-refractivity contribution in [2.45, 2.75) is 59.2 Å². The standard InChI is InChI=1S/C24H36NO4/c1-23(2)19-11-13-24(23,3)20(15-19)29-21(26)12-14-25(4,5)16-22(27)28-17-18-9-7-6-8-10-18/h6-10,19-20H,11-17H2,1-5H3/q+1/t19-,20-,24+/m0/s1. The number of ether oxygens (including phenoxy) is 2. The summed E-state index contributed by atoms with van der Waals surface area (Å²) in [4.78, 5) is 24.7. The Balaban J connectivity index is 1.43. The molecule has 2 aliphatic carbocycles. The van der Waals surface area contributed by atoms with Gasteiger partial charge in [-0.15, -0.1) is 0 Å². The third-order valence-electron chi connectivity index (χ3n) is 7.71. The summed E-state index contributed by atoms with van der Waals surface area (Å²) in [6, 6.07) is 9.64. The van der Waals surface area contributed by atoms with Crippen molar-refractivity contribution in [3.8, 4) is 0 Å². The second-order valence-electron chi connectivity index (χ2n) is 10.3. The molecule has 1 aromatic rings. The molecule has 2 fully saturated rings. The molecule has 0 saturated heterocycles. The lowest BCUT2D eigenvalue weighted by molar-refractivity contribution is -0.882. The SMILES string of the molecule is CC1(C)[C@H]2CC[C@]1(C)[C@@H](OC(=O)CC[N+](C)(C)CC(=O)OCc1ccccc1)C2. The summed E-state index contributed by atoms with van der Waals surface area (Å²) in [7, 11) is 3.89. The Hall–Kier alpha value is -1.88. The van der Waals surface area contributed by atoms with Gasteiger partial charge in [0.25, 0.3) is 0 Å². The summed E-state index contributed by atoms with van der Waals surface area (Å²) in [5.41, 5.74) is 1.28. The number of rotatable bonds is 8. The van der Waals surface area contributed by atoms with Crippen LogP contribution in [0.25, 0.3) is 0 Å². The molecule has 0 radical (unpaired) electrons. The molecule has 0 amide bonds. The zero-order chi connectivity index (χ0) is 21.3. The summed E-state index contributed by atoms with van der Waals surface area (Å²) in [6.07, 6.45) is 3.70. The molecule has 0 heterocycles. The molecule has 3 rings (SSSR count). The molecule has 160 valence electrons. The van der Waals surface area contributed by atoms with E-state index in [1.165, 1.54) is 6.42 Å². The van der Waals surface area contributed by atoms with Crippen molar-refractivity contribution in [1.29, 1.82) is 0 Å². The predicted octanol–water partition coefficient (Wildman–Crippen LogP) is 3.95. The van der Waals surface area contributed by atoms with Gasteiger partial charge in [-0.3, -0.25) is 4.79 Å². The van der Waals surface area contributed by atoms with Gasteiger partial charge in [0.1, 0.15) is 12.7 Å². The first kappa shape index (κ1) is 21.8. The Labute approximate surface area is 175 Å². The highest BCUT2D eigenvalue weighted by Crippen LogP contribution is 2.66. The third kappa shape index (κ3) is 4.66. The molecular weight excluding hydrogens is 366 g/mol. The zero-order valence-electron chi connectivity index (χ0n) is 18.6. The topological polar surface area (TPSA) is 52.6 Å². The fourth-order valence-corrected chi connectivity index (χ4v) is 5.13. The smallest absolute Gasteiger partial charge is 0.362 e. The fraction of sp³-hybridized carbons (Fsp3) is 0.667. The van der Waals surface area contributed by atoms with Gasteiger partial charge in [-0.1, -0.05) is 51.1 Å². The number of quaternary nitrogens is 1. The van der Waals surface area contributed by atoms with Gasteiger partial charge in [0.05, 0.1) is 27.1 Å². The number of likely N-dealkylation sites (N-methyl/N-ethyl adjacent to an activating group) is 1. The molecule has 2 saturated carbocycles. The van der Waals surface area contributed by atoms with E-state index < -0.39 is 0 Å². The molecule has 29 heavy (non-hydrogen) atoms. The molecular formula is C24H36NO4+. The Kier molecular flexibility index (Phi) is 6.09. The lowest BCUT2D eigenvalue weighted by atomic mass is 9.70. The number of hydrogen-bond acceptors (Lipinski definition) is 4. The molecule has 3 atom stereocenters. The molecule has 0 N–H and O–H groups in total. The quantitative estimate of drug-likeness (QED) is 0.488. The first-order chi connectivity index (χ1) is 13.5. The predicted molar refractivity (Wildman–Crippen MR) is 112 cm³/mol. The van der Waals surface area contributed by atoms with Crippen molar-refractivity contribution in [1.82, 2.24) is 0 Å². The van der Waals surface area contributed by atoms with Gasteiger partial charge in [0.15, 0.2) is 6.54 Å². The molecule has 5 nitrogen and oxygen atoms in total. The van der Waals surface area contributed by atoms with E-state index in [2.05, 4.69) is 20.8 Å². The largest absolute Gasteiger partial charge is 0.462 e. The maximum absolute atomic E-state index is 12.5. The lowest BCUT2D eigenvalue weighted by Gasteiger charge is -2.38. The van der Waals surface area contributed by atoms with Crippen LogP contribution in [0, 0.1) is 16.7 Å². The Bertz CT molecular complexity index is 743. The van der Waals surface area contributed by atoms with Crippen molar-refractivity contribution in [2.75, 3.05) is 27.2 Å². The van der Waals surface area contributed by atoms with Gasteiger partial charge in [-0.25, -0.2) is 4.79 Å². The van der Waals surface area contributed by atoms with E-state index in [4.69, 9.17) is 9.47 Å². The highest BCUT2D eigenvalue weighted by atomic mass is 16.5. The van der Waals surface area contributed by atoms with Gasteiger partial charge >= 0.3 is 11.9 Å². The highest BCUT2D eigenvalue weighted by molar-refractivity contribution is 5.71. The molecule has 1 aromatic carbocycles. The van der Waals surface area contributed by atoms with Gasteiger partial charge in [-0.2, -0.15) is 0 Å². The monoisotopic (exact) mass is 402 g/mol. The summed E-state index contributed by atoms with van der Waals surface area (Å²) < 4.78 is 11.7. The molecule has 5 heteroatoms. The maximum Gasteiger partial charge on any atom is 0.362 e. The first-order valence-electron chi connectivity index (χ1n) is 10.7. The van der Waals surface area contributed by atoms with E-state index in [9.17, 15) is 9.59 Å². The minimum Gasteiger partial charge on any atom is -0.462 e. The summed E-state index contributed by atoms with van der Waals surface area (Å²) in [5.74, 6) is 0.245. The minimum atomic E-state index is -0.255. The molecule has 0 unspecified atom stereocenters. The second-order valence-corrected chi connectivity index (χ2v) is 10.3. The number of carbonyl (C=O) groups is 2. The molecule has 2 bridgehead atoms. The average Bonchev–Trinajstić information content (AvgIpc) is 2.99. The maximum atomic E-state index is 12.5. The number of esters is 2. The van der Waals surface area contributed by atoms with E-state index >= 15 is 0 Å². The van der Waals surface area contributed by atoms with E-state index in [-0.39, 0.29) is 42.0 Å². The van der Waals surface area contributed by atoms with E-state index in [0.29, 0.717) is 23.4 Å². The average molecular weight is 403 g/mol. The van der Waals surface area contributed by atoms with Crippen LogP contribution in [0.3, 0.4) is 0 Å². The zero-order valence-corrected chi connectivity index (χ0v) is 18.6. The number of hydrogen-bond donors (Lipinski definition) is 0. The van der Waals surface area contributed by atoms with Crippen molar-refractivity contribution in [3.63, 3.8) is 0 Å². The van der Waals surface area contributed by atoms with Crippen LogP contribution in [0.5, 0.6) is 0 Å². The van der Waals surface area contributed by atoms with E-state index in [1.54, 1.807) is 0 Å². The van der Waals surface area contributed by atoms with Gasteiger partial charge in [0.2, 0.25) is 0 Å². The van der Waals surface area contributed by atoms with Crippen LogP contribution in [0.1, 0.15) is 52.0 Å². The van der Waals surface area contributed by atoms with Crippen LogP contribution in [0.15, 0.2) is 30.3 Å². The summed E-state index contributed by atoms with van der Waals surface area (Å²) >= 11 is 0. The molecule has 0 aromatic heterocycles. The van der Waals surface area contributed by atoms with Gasteiger partial charge < -0.3 is 14.0 Å². The summed E-state index contributed by atoms with van der Waals surface area (Å²) in [5, 5.41) is 0. The highest BCUT2D eigenvalue weighted by Gasteiger charge is 2.62. The number of nitrogens with zero attached hydrogens (tertiary/aromatic N) is 1. The third-order valence-corrected chi connectivity index (χ3v) is 7.71. The van der Waals surface area contributed by atoms with Crippen LogP contribution in [-0.2, 0) is 25.7 Å². The van der Waals surface area contributed by atoms with Crippen molar-refractivity contribution < 1.29 is 23.5 Å². The van der Waals surface area contributed by atoms with Crippen LogP contribution >= 0.6 is 0 Å². The first-order valence-corrected chi connectivity index (χ1v) is 10.7. The van der Waals surface area contributed by atoms with Crippen LogP contribution in [0.2, 0.25) is 0 Å². The Morgan fingerprint density at radius 3 is 2.38 bits per heavy atom. The van der Waals surface area contributed by atoms with Crippen molar-refractivity contribution in [2.24, 2.45) is 16.7 Å². The van der Waals surface area contributed by atoms with Gasteiger partial charge in [-0.05, 0) is 36.2 Å². The number of benzene rings is 1. The number of fused-ring (bicyclic) bond motifs is 2. The van der Waals surface area contributed by atoms with E-state index in [1.807, 2.05) is 44.4 Å². The van der Waals surface area contributed by atoms with Crippen molar-refractivity contribution >= 4 is 11.9 Å². The molecule has 0 spiro atoms. The van der Waals surface area contributed by atoms with Crippen molar-refractivity contribution in [3.05, 3.63) is 35.9 Å². The normalized spacial score (nSPS) is 27.6. The minimum absolute atomic E-state index is 0.0233. The van der Waals surface area contributed by atoms with Gasteiger partial charge in [0, 0.05) is 5.41 Å². The second kappa shape index (κ2) is 8.10. The van der Waals surface area contributed by atoms with Crippen LogP contribution in [0.4, 0.5) is 0 Å². The van der Waals surface area contributed by atoms with Crippen LogP contribution < -0.4 is 0 Å². The number of carbonyl (C=O) groups excluding carboxylic acids is 2. The fourth-order valence-electron chi connectivity index (χ4n) is 5.13. The summed E-state index contributed by atoms with van der Waals surface area (Å²) in [6.45, 7) is 7.98. The van der Waals surface area contributed by atoms with Crippen LogP contribution in [-0.4, -0.2) is 49.7 Å². The Morgan fingerprint density at radius 1 is 1.10 bits per heavy atom. The molecule has 2 aliphatic rings. The lowest BCUT2D eigenvalue weighted by Crippen LogP contribution is -2.46. The Morgan fingerprint density at radius 2 is 1.79 bits per heavy atom. The van der Waals surface area contributed by atoms with E-state index in [0.717, 1.165) is 18.4 Å². The molecule has 0 aliphatic heterocycles.